The number of fused-ring (bicyclic) bond motifs is 1. The molecule has 2 aliphatic rings. The van der Waals surface area contributed by atoms with Crippen LogP contribution in [0.5, 0.6) is 0 Å². The van der Waals surface area contributed by atoms with Crippen LogP contribution in [0.25, 0.3) is 11.1 Å². The van der Waals surface area contributed by atoms with E-state index in [4.69, 9.17) is 0 Å². The third-order valence-electron chi connectivity index (χ3n) is 5.91. The van der Waals surface area contributed by atoms with Gasteiger partial charge < -0.3 is 10.2 Å². The minimum absolute atomic E-state index is 0.0587. The van der Waals surface area contributed by atoms with E-state index in [0.717, 1.165) is 28.8 Å². The van der Waals surface area contributed by atoms with E-state index in [1.54, 1.807) is 11.8 Å². The average molecular weight is 415 g/mol. The molecule has 3 aromatic carbocycles. The fraction of sp³-hybridized carbons (Fsp3) is 0.200. The summed E-state index contributed by atoms with van der Waals surface area (Å²) in [7, 11) is 0. The molecule has 2 atom stereocenters. The normalized spacial score (nSPS) is 22.7. The number of rotatable bonds is 4. The van der Waals surface area contributed by atoms with E-state index < -0.39 is 10.9 Å². The van der Waals surface area contributed by atoms with Crippen LogP contribution >= 0.6 is 11.8 Å². The maximum absolute atomic E-state index is 13.1. The molecule has 2 amide bonds. The Hall–Kier alpha value is -3.05. The molecule has 0 unspecified atom stereocenters. The smallest absolute Gasteiger partial charge is 0.248 e. The second-order valence-electron chi connectivity index (χ2n) is 7.67. The van der Waals surface area contributed by atoms with Gasteiger partial charge in [-0.05, 0) is 35.2 Å². The van der Waals surface area contributed by atoms with Gasteiger partial charge in [0, 0.05) is 17.9 Å². The number of benzene rings is 3. The highest BCUT2D eigenvalue weighted by Gasteiger charge is 2.56. The first-order chi connectivity index (χ1) is 14.7. The molecule has 3 aromatic rings. The molecule has 0 bridgehead atoms. The number of anilines is 1. The monoisotopic (exact) mass is 414 g/mol. The molecular weight excluding hydrogens is 392 g/mol. The quantitative estimate of drug-likeness (QED) is 0.662. The Bertz CT molecular complexity index is 1070. The lowest BCUT2D eigenvalue weighted by Gasteiger charge is -2.34. The standard InChI is InChI=1S/C25H22N2O2S/c28-23-15-16-25(20-9-5-2-6-10-20)27(23)22(17-30-25)24(29)26-21-13-11-19(12-14-21)18-7-3-1-4-8-18/h1-14,22H,15-17H2,(H,26,29)/t22-,25+/m1/s1. The Morgan fingerprint density at radius 1 is 0.900 bits per heavy atom. The van der Waals surface area contributed by atoms with Gasteiger partial charge in [0.1, 0.15) is 10.9 Å². The lowest BCUT2D eigenvalue weighted by molar-refractivity contribution is -0.136. The summed E-state index contributed by atoms with van der Waals surface area (Å²) in [6.07, 6.45) is 1.23. The molecule has 0 spiro atoms. The molecule has 2 saturated heterocycles. The Morgan fingerprint density at radius 3 is 2.23 bits per heavy atom. The van der Waals surface area contributed by atoms with Crippen molar-refractivity contribution in [3.63, 3.8) is 0 Å². The van der Waals surface area contributed by atoms with Crippen molar-refractivity contribution >= 4 is 29.3 Å². The number of carbonyl (C=O) groups is 2. The molecule has 0 radical (unpaired) electrons. The first kappa shape index (κ1) is 18.9. The molecule has 5 rings (SSSR count). The molecule has 2 aliphatic heterocycles. The fourth-order valence-corrected chi connectivity index (χ4v) is 6.09. The SMILES string of the molecule is O=C(Nc1ccc(-c2ccccc2)cc1)[C@H]1CS[C@]2(c3ccccc3)CCC(=O)N12. The van der Waals surface area contributed by atoms with Crippen molar-refractivity contribution in [1.29, 1.82) is 0 Å². The summed E-state index contributed by atoms with van der Waals surface area (Å²) >= 11 is 1.71. The lowest BCUT2D eigenvalue weighted by atomic mass is 10.0. The van der Waals surface area contributed by atoms with Gasteiger partial charge in [0.05, 0.1) is 0 Å². The largest absolute Gasteiger partial charge is 0.324 e. The number of thioether (sulfide) groups is 1. The molecule has 2 heterocycles. The highest BCUT2D eigenvalue weighted by atomic mass is 32.2. The molecule has 2 fully saturated rings. The predicted octanol–water partition coefficient (Wildman–Crippen LogP) is 4.88. The van der Waals surface area contributed by atoms with E-state index in [-0.39, 0.29) is 11.8 Å². The zero-order chi connectivity index (χ0) is 20.6. The summed E-state index contributed by atoms with van der Waals surface area (Å²) < 4.78 is 0. The van der Waals surface area contributed by atoms with Gasteiger partial charge in [-0.3, -0.25) is 9.59 Å². The second-order valence-corrected chi connectivity index (χ2v) is 8.97. The van der Waals surface area contributed by atoms with Crippen molar-refractivity contribution in [2.45, 2.75) is 23.8 Å². The van der Waals surface area contributed by atoms with Crippen molar-refractivity contribution < 1.29 is 9.59 Å². The number of hydrogen-bond donors (Lipinski definition) is 1. The van der Waals surface area contributed by atoms with E-state index in [0.29, 0.717) is 12.2 Å². The molecule has 0 aromatic heterocycles. The van der Waals surface area contributed by atoms with Crippen molar-refractivity contribution in [3.05, 3.63) is 90.5 Å². The average Bonchev–Trinajstić information content (AvgIpc) is 3.35. The summed E-state index contributed by atoms with van der Waals surface area (Å²) in [6, 6.07) is 27.6. The lowest BCUT2D eigenvalue weighted by Crippen LogP contribution is -2.48. The van der Waals surface area contributed by atoms with E-state index in [1.165, 1.54) is 0 Å². The van der Waals surface area contributed by atoms with Crippen LogP contribution in [-0.2, 0) is 14.5 Å². The Kier molecular flexibility index (Phi) is 4.83. The molecule has 0 saturated carbocycles. The zero-order valence-corrected chi connectivity index (χ0v) is 17.3. The van der Waals surface area contributed by atoms with Crippen LogP contribution < -0.4 is 5.32 Å². The van der Waals surface area contributed by atoms with E-state index in [2.05, 4.69) is 29.6 Å². The van der Waals surface area contributed by atoms with Gasteiger partial charge >= 0.3 is 0 Å². The molecule has 5 heteroatoms. The fourth-order valence-electron chi connectivity index (χ4n) is 4.44. The highest BCUT2D eigenvalue weighted by molar-refractivity contribution is 8.00. The second kappa shape index (κ2) is 7.65. The molecule has 4 nitrogen and oxygen atoms in total. The minimum atomic E-state index is -0.459. The summed E-state index contributed by atoms with van der Waals surface area (Å²) in [5.74, 6) is 0.542. The van der Waals surface area contributed by atoms with E-state index >= 15 is 0 Å². The first-order valence-electron chi connectivity index (χ1n) is 10.2. The summed E-state index contributed by atoms with van der Waals surface area (Å²) in [5, 5.41) is 3.02. The van der Waals surface area contributed by atoms with Crippen molar-refractivity contribution in [2.75, 3.05) is 11.1 Å². The Balaban J connectivity index is 1.35. The summed E-state index contributed by atoms with van der Waals surface area (Å²) in [5.41, 5.74) is 4.08. The highest BCUT2D eigenvalue weighted by Crippen LogP contribution is 2.54. The predicted molar refractivity (Wildman–Crippen MR) is 121 cm³/mol. The van der Waals surface area contributed by atoms with Crippen LogP contribution in [0, 0.1) is 0 Å². The van der Waals surface area contributed by atoms with E-state index in [1.807, 2.05) is 65.6 Å². The van der Waals surface area contributed by atoms with Gasteiger partial charge in [0.25, 0.3) is 0 Å². The molecule has 1 N–H and O–H groups in total. The van der Waals surface area contributed by atoms with Crippen LogP contribution in [0.1, 0.15) is 18.4 Å². The van der Waals surface area contributed by atoms with Gasteiger partial charge in [-0.25, -0.2) is 0 Å². The van der Waals surface area contributed by atoms with Gasteiger partial charge in [0.15, 0.2) is 0 Å². The molecule has 0 aliphatic carbocycles. The van der Waals surface area contributed by atoms with Crippen LogP contribution in [-0.4, -0.2) is 28.5 Å². The number of nitrogens with zero attached hydrogens (tertiary/aromatic N) is 1. The topological polar surface area (TPSA) is 49.4 Å². The van der Waals surface area contributed by atoms with Gasteiger partial charge in [-0.15, -0.1) is 11.8 Å². The Labute approximate surface area is 180 Å². The third kappa shape index (κ3) is 3.19. The van der Waals surface area contributed by atoms with Crippen molar-refractivity contribution in [3.8, 4) is 11.1 Å². The van der Waals surface area contributed by atoms with Crippen molar-refractivity contribution in [1.82, 2.24) is 4.90 Å². The van der Waals surface area contributed by atoms with Gasteiger partial charge in [0.2, 0.25) is 11.8 Å². The number of hydrogen-bond acceptors (Lipinski definition) is 3. The number of amides is 2. The third-order valence-corrected chi connectivity index (χ3v) is 7.51. The summed E-state index contributed by atoms with van der Waals surface area (Å²) in [6.45, 7) is 0. The molecule has 150 valence electrons. The number of carbonyl (C=O) groups excluding carboxylic acids is 2. The van der Waals surface area contributed by atoms with Crippen LogP contribution in [0.4, 0.5) is 5.69 Å². The summed E-state index contributed by atoms with van der Waals surface area (Å²) in [4.78, 5) is 27.2. The van der Waals surface area contributed by atoms with Gasteiger partial charge in [-0.1, -0.05) is 72.8 Å². The molecular formula is C25H22N2O2S. The maximum atomic E-state index is 13.1. The van der Waals surface area contributed by atoms with Crippen LogP contribution in [0.3, 0.4) is 0 Å². The number of nitrogens with one attached hydrogen (secondary N) is 1. The van der Waals surface area contributed by atoms with Gasteiger partial charge in [-0.2, -0.15) is 0 Å². The van der Waals surface area contributed by atoms with Crippen LogP contribution in [0.15, 0.2) is 84.9 Å². The minimum Gasteiger partial charge on any atom is -0.324 e. The first-order valence-corrected chi connectivity index (χ1v) is 11.1. The Morgan fingerprint density at radius 2 is 1.53 bits per heavy atom. The molecule has 30 heavy (non-hydrogen) atoms. The maximum Gasteiger partial charge on any atom is 0.248 e. The van der Waals surface area contributed by atoms with E-state index in [9.17, 15) is 9.59 Å². The van der Waals surface area contributed by atoms with Crippen LogP contribution in [0.2, 0.25) is 0 Å². The van der Waals surface area contributed by atoms with Crippen molar-refractivity contribution in [2.24, 2.45) is 0 Å². The zero-order valence-electron chi connectivity index (χ0n) is 16.5.